The average Bonchev–Trinajstić information content (AvgIpc) is 2.61. The third-order valence-corrected chi connectivity index (χ3v) is 6.26. The molecule has 1 heterocycles. The SMILES string of the molecule is C[C@H]1C/C=C/[C@@H](O)[C@@H](O)CC/C=C/c2cc(O[Si](C)(C)C)cc(O[Si](C)(C)C)c2C(=O)O1. The summed E-state index contributed by atoms with van der Waals surface area (Å²) in [6.07, 6.45) is 6.19. The molecular weight excluding hydrogens is 440 g/mol. The van der Waals surface area contributed by atoms with E-state index in [1.165, 1.54) is 0 Å². The Balaban J connectivity index is 2.58. The molecule has 0 fully saturated rings. The maximum absolute atomic E-state index is 13.2. The van der Waals surface area contributed by atoms with Gasteiger partial charge >= 0.3 is 5.97 Å². The summed E-state index contributed by atoms with van der Waals surface area (Å²) in [5, 5.41) is 20.3. The van der Waals surface area contributed by atoms with Gasteiger partial charge < -0.3 is 23.8 Å². The van der Waals surface area contributed by atoms with Crippen LogP contribution in [0, 0.1) is 0 Å². The highest BCUT2D eigenvalue weighted by molar-refractivity contribution is 6.71. The molecule has 1 aliphatic heterocycles. The molecule has 1 aromatic carbocycles. The third-order valence-electron chi connectivity index (χ3n) is 4.58. The van der Waals surface area contributed by atoms with Crippen LogP contribution in [-0.4, -0.2) is 51.1 Å². The van der Waals surface area contributed by atoms with Gasteiger partial charge in [0, 0.05) is 12.5 Å². The summed E-state index contributed by atoms with van der Waals surface area (Å²) < 4.78 is 18.3. The Morgan fingerprint density at radius 2 is 1.66 bits per heavy atom. The topological polar surface area (TPSA) is 85.2 Å². The van der Waals surface area contributed by atoms with Gasteiger partial charge in [0.2, 0.25) is 16.6 Å². The predicted octanol–water partition coefficient (Wildman–Crippen LogP) is 5.13. The van der Waals surface area contributed by atoms with Crippen LogP contribution in [0.3, 0.4) is 0 Å². The van der Waals surface area contributed by atoms with Gasteiger partial charge in [0.1, 0.15) is 23.2 Å². The monoisotopic (exact) mass is 478 g/mol. The van der Waals surface area contributed by atoms with Gasteiger partial charge in [-0.3, -0.25) is 0 Å². The first-order valence-electron chi connectivity index (χ1n) is 11.2. The third kappa shape index (κ3) is 8.57. The lowest BCUT2D eigenvalue weighted by Gasteiger charge is -2.26. The highest BCUT2D eigenvalue weighted by atomic mass is 28.4. The van der Waals surface area contributed by atoms with Gasteiger partial charge in [-0.25, -0.2) is 4.79 Å². The molecule has 1 aromatic rings. The summed E-state index contributed by atoms with van der Waals surface area (Å²) in [5.74, 6) is 0.701. The molecule has 178 valence electrons. The number of esters is 1. The highest BCUT2D eigenvalue weighted by Gasteiger charge is 2.27. The van der Waals surface area contributed by atoms with E-state index in [1.807, 2.05) is 18.2 Å². The van der Waals surface area contributed by atoms with Gasteiger partial charge in [-0.2, -0.15) is 0 Å². The van der Waals surface area contributed by atoms with Crippen LogP contribution in [0.5, 0.6) is 11.5 Å². The lowest BCUT2D eigenvalue weighted by molar-refractivity contribution is 0.0338. The number of aliphatic hydroxyl groups is 2. The standard InChI is InChI=1S/C24H38O6Si2/c1-17-11-10-14-21(26)20(25)13-9-8-12-18-15-19(29-31(2,3)4)16-22(30-32(5,6)7)23(18)24(27)28-17/h8,10,12,14-17,20-21,25-26H,9,11,13H2,1-7H3/b12-8+,14-10+/t17-,20-,21+/m0/s1. The van der Waals surface area contributed by atoms with Crippen molar-refractivity contribution in [3.8, 4) is 11.5 Å². The number of ether oxygens (including phenoxy) is 1. The fraction of sp³-hybridized carbons (Fsp3) is 0.542. The molecule has 1 aliphatic rings. The molecule has 0 aliphatic carbocycles. The number of carbonyl (C=O) groups excluding carboxylic acids is 1. The van der Waals surface area contributed by atoms with Crippen molar-refractivity contribution in [2.24, 2.45) is 0 Å². The Morgan fingerprint density at radius 1 is 1.00 bits per heavy atom. The number of rotatable bonds is 4. The molecule has 0 aromatic heterocycles. The predicted molar refractivity (Wildman–Crippen MR) is 133 cm³/mol. The Bertz CT molecular complexity index is 851. The highest BCUT2D eigenvalue weighted by Crippen LogP contribution is 2.34. The number of benzene rings is 1. The molecule has 32 heavy (non-hydrogen) atoms. The first kappa shape index (κ1) is 26.4. The van der Waals surface area contributed by atoms with E-state index in [2.05, 4.69) is 39.3 Å². The van der Waals surface area contributed by atoms with Crippen LogP contribution < -0.4 is 8.85 Å². The molecule has 3 atom stereocenters. The molecule has 0 saturated carbocycles. The van der Waals surface area contributed by atoms with Gasteiger partial charge in [0.15, 0.2) is 0 Å². The van der Waals surface area contributed by atoms with Crippen molar-refractivity contribution in [2.75, 3.05) is 0 Å². The van der Waals surface area contributed by atoms with E-state index < -0.39 is 40.9 Å². The van der Waals surface area contributed by atoms with E-state index in [1.54, 1.807) is 25.1 Å². The average molecular weight is 479 g/mol. The zero-order chi connectivity index (χ0) is 24.1. The number of hydrogen-bond acceptors (Lipinski definition) is 6. The zero-order valence-electron chi connectivity index (χ0n) is 20.3. The Morgan fingerprint density at radius 3 is 2.28 bits per heavy atom. The summed E-state index contributed by atoms with van der Waals surface area (Å²) in [4.78, 5) is 13.2. The second-order valence-corrected chi connectivity index (χ2v) is 19.1. The summed E-state index contributed by atoms with van der Waals surface area (Å²) in [7, 11) is -3.92. The van der Waals surface area contributed by atoms with Crippen LogP contribution in [0.2, 0.25) is 39.3 Å². The molecule has 2 N–H and O–H groups in total. The minimum absolute atomic E-state index is 0.389. The number of cyclic esters (lactones) is 1. The van der Waals surface area contributed by atoms with E-state index >= 15 is 0 Å². The van der Waals surface area contributed by atoms with Crippen LogP contribution in [0.1, 0.15) is 42.1 Å². The normalized spacial score (nSPS) is 25.2. The molecular formula is C24H38O6Si2. The minimum Gasteiger partial charge on any atom is -0.544 e. The molecule has 6 nitrogen and oxygen atoms in total. The molecule has 0 unspecified atom stereocenters. The number of carbonyl (C=O) groups is 1. The molecule has 0 spiro atoms. The summed E-state index contributed by atoms with van der Waals surface area (Å²) in [6.45, 7) is 14.3. The van der Waals surface area contributed by atoms with E-state index in [0.717, 1.165) is 0 Å². The largest absolute Gasteiger partial charge is 0.544 e. The number of hydrogen-bond donors (Lipinski definition) is 2. The molecule has 0 radical (unpaired) electrons. The molecule has 0 bridgehead atoms. The van der Waals surface area contributed by atoms with Gasteiger partial charge in [0.25, 0.3) is 0 Å². The van der Waals surface area contributed by atoms with Crippen molar-refractivity contribution >= 4 is 28.7 Å². The Labute approximate surface area is 194 Å². The molecule has 0 saturated heterocycles. The van der Waals surface area contributed by atoms with Crippen molar-refractivity contribution < 1.29 is 28.6 Å². The quantitative estimate of drug-likeness (QED) is 0.354. The maximum atomic E-state index is 13.2. The number of fused-ring (bicyclic) bond motifs is 1. The van der Waals surface area contributed by atoms with Gasteiger partial charge in [-0.15, -0.1) is 0 Å². The van der Waals surface area contributed by atoms with E-state index in [4.69, 9.17) is 13.6 Å². The smallest absolute Gasteiger partial charge is 0.342 e. The van der Waals surface area contributed by atoms with Crippen molar-refractivity contribution in [3.63, 3.8) is 0 Å². The van der Waals surface area contributed by atoms with Crippen LogP contribution in [-0.2, 0) is 4.74 Å². The van der Waals surface area contributed by atoms with Crippen LogP contribution in [0.15, 0.2) is 30.4 Å². The van der Waals surface area contributed by atoms with E-state index in [9.17, 15) is 15.0 Å². The summed E-state index contributed by atoms with van der Waals surface area (Å²) in [6, 6.07) is 3.66. The maximum Gasteiger partial charge on any atom is 0.342 e. The lowest BCUT2D eigenvalue weighted by Crippen LogP contribution is -2.31. The minimum atomic E-state index is -2.03. The van der Waals surface area contributed by atoms with Crippen LogP contribution >= 0.6 is 0 Å². The summed E-state index contributed by atoms with van der Waals surface area (Å²) >= 11 is 0. The van der Waals surface area contributed by atoms with Gasteiger partial charge in [-0.1, -0.05) is 24.3 Å². The second kappa shape index (κ2) is 10.8. The van der Waals surface area contributed by atoms with Crippen LogP contribution in [0.4, 0.5) is 0 Å². The zero-order valence-corrected chi connectivity index (χ0v) is 22.3. The van der Waals surface area contributed by atoms with E-state index in [0.29, 0.717) is 41.9 Å². The van der Waals surface area contributed by atoms with Crippen molar-refractivity contribution in [2.45, 2.75) is 83.8 Å². The summed E-state index contributed by atoms with van der Waals surface area (Å²) in [5.41, 5.74) is 1.05. The van der Waals surface area contributed by atoms with Gasteiger partial charge in [0.05, 0.1) is 12.2 Å². The Kier molecular flexibility index (Phi) is 8.93. The van der Waals surface area contributed by atoms with Crippen molar-refractivity contribution in [1.82, 2.24) is 0 Å². The van der Waals surface area contributed by atoms with Gasteiger partial charge in [-0.05, 0) is 70.7 Å². The fourth-order valence-corrected chi connectivity index (χ4v) is 4.90. The van der Waals surface area contributed by atoms with E-state index in [-0.39, 0.29) is 0 Å². The molecule has 8 heteroatoms. The van der Waals surface area contributed by atoms with Crippen molar-refractivity contribution in [1.29, 1.82) is 0 Å². The Hall–Kier alpha value is -1.88. The first-order valence-corrected chi connectivity index (χ1v) is 18.0. The first-order chi connectivity index (χ1) is 14.7. The van der Waals surface area contributed by atoms with Crippen LogP contribution in [0.25, 0.3) is 6.08 Å². The number of aliphatic hydroxyl groups excluding tert-OH is 2. The molecule has 0 amide bonds. The molecule has 2 rings (SSSR count). The lowest BCUT2D eigenvalue weighted by atomic mass is 10.0. The second-order valence-electron chi connectivity index (χ2n) is 10.2. The fourth-order valence-electron chi connectivity index (χ4n) is 3.26. The number of allylic oxidation sites excluding steroid dienone is 1. The van der Waals surface area contributed by atoms with Crippen molar-refractivity contribution in [3.05, 3.63) is 41.5 Å².